The summed E-state index contributed by atoms with van der Waals surface area (Å²) in [5, 5.41) is 9.07. The molecule has 0 fully saturated rings. The van der Waals surface area contributed by atoms with Crippen LogP contribution >= 0.6 is 0 Å². The molecule has 0 N–H and O–H groups in total. The van der Waals surface area contributed by atoms with E-state index in [0.29, 0.717) is 0 Å². The molecule has 98 valence electrons. The van der Waals surface area contributed by atoms with Crippen LogP contribution in [0, 0.1) is 10.2 Å². The molecule has 2 aromatic heterocycles. The Morgan fingerprint density at radius 1 is 1.20 bits per heavy atom. The van der Waals surface area contributed by atoms with Crippen molar-refractivity contribution in [3.8, 4) is 22.0 Å². The van der Waals surface area contributed by atoms with Crippen molar-refractivity contribution in [3.05, 3.63) is 48.7 Å². The van der Waals surface area contributed by atoms with Crippen LogP contribution in [0.15, 0.2) is 48.7 Å². The Kier molecular flexibility index (Phi) is 3.42. The van der Waals surface area contributed by atoms with Gasteiger partial charge in [0.05, 0.1) is 0 Å². The first kappa shape index (κ1) is 12.7. The van der Waals surface area contributed by atoms with Crippen LogP contribution in [0.2, 0.25) is 0 Å². The van der Waals surface area contributed by atoms with E-state index in [2.05, 4.69) is 9.95 Å². The summed E-state index contributed by atoms with van der Waals surface area (Å²) in [5.74, 6) is 0.810. The average Bonchev–Trinajstić information content (AvgIpc) is 2.87. The molecule has 0 saturated heterocycles. The van der Waals surface area contributed by atoms with Gasteiger partial charge in [-0.25, -0.2) is 0 Å². The minimum atomic E-state index is -0.268. The number of pyridine rings is 1. The van der Waals surface area contributed by atoms with Gasteiger partial charge in [0, 0.05) is 0 Å². The summed E-state index contributed by atoms with van der Waals surface area (Å²) in [4.78, 5) is 6.92. The number of hydrogen-bond acceptors (Lipinski definition) is 3. The summed E-state index contributed by atoms with van der Waals surface area (Å²) in [6.45, 7) is 0. The molecular formula is C15H11N3OSe. The molecule has 0 spiro atoms. The second kappa shape index (κ2) is 5.38. The zero-order valence-corrected chi connectivity index (χ0v) is 12.5. The van der Waals surface area contributed by atoms with Gasteiger partial charge >= 0.3 is 122 Å². The second-order valence-electron chi connectivity index (χ2n) is 4.12. The maximum absolute atomic E-state index is 9.07. The number of nitrogens with zero attached hydrogens (tertiary/aromatic N) is 3. The summed E-state index contributed by atoms with van der Waals surface area (Å²) < 4.78 is 8.13. The topological polar surface area (TPSA) is 50.3 Å². The third kappa shape index (κ3) is 2.16. The van der Waals surface area contributed by atoms with Crippen molar-refractivity contribution in [1.82, 2.24) is 9.38 Å². The average molecular weight is 328 g/mol. The van der Waals surface area contributed by atoms with Crippen LogP contribution in [0.4, 0.5) is 0 Å². The van der Waals surface area contributed by atoms with E-state index in [0.717, 1.165) is 27.2 Å². The Bertz CT molecular complexity index is 787. The van der Waals surface area contributed by atoms with E-state index in [4.69, 9.17) is 10.00 Å². The van der Waals surface area contributed by atoms with Gasteiger partial charge in [0.25, 0.3) is 0 Å². The normalized spacial score (nSPS) is 10.4. The molecule has 0 aliphatic carbocycles. The number of methoxy groups -OCH3 is 1. The molecule has 5 heteroatoms. The molecule has 0 aliphatic rings. The summed E-state index contributed by atoms with van der Waals surface area (Å²) in [6, 6.07) is 13.6. The zero-order valence-electron chi connectivity index (χ0n) is 10.8. The van der Waals surface area contributed by atoms with Crippen LogP contribution in [0.5, 0.6) is 5.75 Å². The summed E-state index contributed by atoms with van der Waals surface area (Å²) in [5.41, 5.74) is 2.74. The van der Waals surface area contributed by atoms with Gasteiger partial charge < -0.3 is 0 Å². The van der Waals surface area contributed by atoms with Crippen molar-refractivity contribution >= 4 is 25.2 Å². The van der Waals surface area contributed by atoms with Crippen LogP contribution in [0.3, 0.4) is 0 Å². The number of rotatable bonds is 3. The van der Waals surface area contributed by atoms with Gasteiger partial charge in [-0.3, -0.25) is 0 Å². The number of nitriles is 1. The van der Waals surface area contributed by atoms with Crippen molar-refractivity contribution in [1.29, 1.82) is 5.26 Å². The molecule has 0 bridgehead atoms. The molecule has 0 unspecified atom stereocenters. The second-order valence-corrected chi connectivity index (χ2v) is 5.74. The minimum absolute atomic E-state index is 0.268. The Morgan fingerprint density at radius 2 is 2.00 bits per heavy atom. The van der Waals surface area contributed by atoms with E-state index in [1.807, 2.05) is 53.1 Å². The van der Waals surface area contributed by atoms with Gasteiger partial charge in [0.1, 0.15) is 0 Å². The standard InChI is InChI=1S/C15H11N3OSe/c1-19-12-7-5-11(6-8-12)14-15(20-10-16)18-9-3-2-4-13(18)17-14/h2-9H,1H3. The van der Waals surface area contributed by atoms with Gasteiger partial charge in [-0.2, -0.15) is 0 Å². The van der Waals surface area contributed by atoms with E-state index in [1.54, 1.807) is 7.11 Å². The quantitative estimate of drug-likeness (QED) is 0.689. The molecule has 20 heavy (non-hydrogen) atoms. The molecule has 3 aromatic rings. The molecule has 0 saturated carbocycles. The van der Waals surface area contributed by atoms with Crippen molar-refractivity contribution in [2.75, 3.05) is 7.11 Å². The van der Waals surface area contributed by atoms with Crippen molar-refractivity contribution < 1.29 is 4.74 Å². The number of benzene rings is 1. The molecule has 1 aromatic carbocycles. The van der Waals surface area contributed by atoms with Crippen molar-refractivity contribution in [3.63, 3.8) is 0 Å². The Morgan fingerprint density at radius 3 is 2.70 bits per heavy atom. The van der Waals surface area contributed by atoms with E-state index in [1.165, 1.54) is 0 Å². The first-order valence-corrected chi connectivity index (χ1v) is 7.72. The fraction of sp³-hybridized carbons (Fsp3) is 0.0667. The van der Waals surface area contributed by atoms with E-state index < -0.39 is 0 Å². The number of fused-ring (bicyclic) bond motifs is 1. The van der Waals surface area contributed by atoms with E-state index >= 15 is 0 Å². The number of aromatic nitrogens is 2. The van der Waals surface area contributed by atoms with Gasteiger partial charge in [0.2, 0.25) is 0 Å². The third-order valence-electron chi connectivity index (χ3n) is 2.99. The molecule has 0 aliphatic heterocycles. The molecular weight excluding hydrogens is 317 g/mol. The Labute approximate surface area is 122 Å². The SMILES string of the molecule is COc1ccc(-c2nc3ccccn3c2[Se]C#N)cc1. The van der Waals surface area contributed by atoms with Gasteiger partial charge in [-0.05, 0) is 0 Å². The number of imidazole rings is 1. The summed E-state index contributed by atoms with van der Waals surface area (Å²) in [7, 11) is 1.64. The Hall–Kier alpha value is -2.28. The van der Waals surface area contributed by atoms with Crippen LogP contribution in [-0.2, 0) is 0 Å². The molecule has 0 amide bonds. The van der Waals surface area contributed by atoms with Gasteiger partial charge in [-0.1, -0.05) is 0 Å². The number of hydrogen-bond donors (Lipinski definition) is 0. The molecule has 3 rings (SSSR count). The van der Waals surface area contributed by atoms with Gasteiger partial charge in [0.15, 0.2) is 0 Å². The maximum atomic E-state index is 9.07. The predicted octanol–water partition coefficient (Wildman–Crippen LogP) is 1.82. The zero-order chi connectivity index (χ0) is 13.9. The van der Waals surface area contributed by atoms with E-state index in [-0.39, 0.29) is 15.0 Å². The van der Waals surface area contributed by atoms with Crippen LogP contribution < -0.4 is 9.33 Å². The first-order valence-electron chi connectivity index (χ1n) is 6.01. The first-order chi connectivity index (χ1) is 9.83. The van der Waals surface area contributed by atoms with Gasteiger partial charge in [-0.15, -0.1) is 0 Å². The summed E-state index contributed by atoms with van der Waals surface area (Å²) in [6.07, 6.45) is 1.95. The fourth-order valence-corrected chi connectivity index (χ4v) is 3.31. The molecule has 2 heterocycles. The number of ether oxygens (including phenoxy) is 1. The van der Waals surface area contributed by atoms with Crippen molar-refractivity contribution in [2.45, 2.75) is 0 Å². The predicted molar refractivity (Wildman–Crippen MR) is 78.2 cm³/mol. The van der Waals surface area contributed by atoms with E-state index in [9.17, 15) is 0 Å². The van der Waals surface area contributed by atoms with Crippen LogP contribution in [0.1, 0.15) is 0 Å². The third-order valence-corrected chi connectivity index (χ3v) is 4.41. The molecule has 0 atom stereocenters. The summed E-state index contributed by atoms with van der Waals surface area (Å²) >= 11 is -0.268. The van der Waals surface area contributed by atoms with Crippen molar-refractivity contribution in [2.24, 2.45) is 0 Å². The molecule has 0 radical (unpaired) electrons. The van der Waals surface area contributed by atoms with Crippen LogP contribution in [-0.4, -0.2) is 31.5 Å². The Balaban J connectivity index is 2.18. The fourth-order valence-electron chi connectivity index (χ4n) is 2.05. The van der Waals surface area contributed by atoms with Crippen LogP contribution in [0.25, 0.3) is 16.9 Å². The molecule has 4 nitrogen and oxygen atoms in total. The monoisotopic (exact) mass is 329 g/mol.